The largest absolute Gasteiger partial charge is 0.394 e. The average molecular weight is 422 g/mol. The number of anilines is 1. The quantitative estimate of drug-likeness (QED) is 0.460. The fraction of sp³-hybridized carbons (Fsp3) is 0.318. The lowest BCUT2D eigenvalue weighted by Crippen LogP contribution is -2.40. The number of morpholine rings is 1. The predicted octanol–water partition coefficient (Wildman–Crippen LogP) is 1.90. The van der Waals surface area contributed by atoms with Crippen LogP contribution >= 0.6 is 0 Å². The van der Waals surface area contributed by atoms with Crippen molar-refractivity contribution in [2.45, 2.75) is 13.0 Å². The molecule has 1 saturated heterocycles. The molecule has 2 aromatic heterocycles. The van der Waals surface area contributed by atoms with Crippen molar-refractivity contribution >= 4 is 11.9 Å². The molecule has 1 aromatic carbocycles. The number of aryl methyl sites for hydroxylation is 1. The highest BCUT2D eigenvalue weighted by Gasteiger charge is 2.18. The van der Waals surface area contributed by atoms with Crippen LogP contribution in [0.1, 0.15) is 27.7 Å². The van der Waals surface area contributed by atoms with Gasteiger partial charge < -0.3 is 20.1 Å². The number of aromatic amines is 1. The Morgan fingerprint density at radius 3 is 2.81 bits per heavy atom. The Labute approximate surface area is 180 Å². The zero-order valence-electron chi connectivity index (χ0n) is 17.3. The molecule has 31 heavy (non-hydrogen) atoms. The SMILES string of the molecule is Cc1cnc(NN2CCOCC2)nc1-c1c[nH]c(C(=O)NC(CO)c2ccccc2)c1. The standard InChI is InChI=1S/C22H26N6O3/c1-15-12-24-22(27-28-7-9-31-10-8-28)26-20(15)17-11-18(23-13-17)21(30)25-19(14-29)16-5-3-2-4-6-16/h2-6,11-13,19,23,29H,7-10,14H2,1H3,(H,25,30)(H,24,26,27). The number of aromatic nitrogens is 3. The Morgan fingerprint density at radius 1 is 1.29 bits per heavy atom. The molecule has 3 heterocycles. The van der Waals surface area contributed by atoms with E-state index in [2.05, 4.69) is 25.7 Å². The molecule has 1 aliphatic rings. The second-order valence-corrected chi connectivity index (χ2v) is 7.36. The van der Waals surface area contributed by atoms with Crippen LogP contribution in [0.15, 0.2) is 48.8 Å². The van der Waals surface area contributed by atoms with E-state index in [9.17, 15) is 9.90 Å². The Kier molecular flexibility index (Phi) is 6.56. The third kappa shape index (κ3) is 5.08. The van der Waals surface area contributed by atoms with Crippen LogP contribution in [0, 0.1) is 6.92 Å². The van der Waals surface area contributed by atoms with E-state index in [-0.39, 0.29) is 12.5 Å². The van der Waals surface area contributed by atoms with Crippen LogP contribution in [0.3, 0.4) is 0 Å². The maximum atomic E-state index is 12.7. The smallest absolute Gasteiger partial charge is 0.268 e. The van der Waals surface area contributed by atoms with Crippen molar-refractivity contribution in [1.29, 1.82) is 0 Å². The van der Waals surface area contributed by atoms with Crippen LogP contribution in [-0.2, 0) is 4.74 Å². The van der Waals surface area contributed by atoms with E-state index < -0.39 is 6.04 Å². The molecule has 0 aliphatic carbocycles. The summed E-state index contributed by atoms with van der Waals surface area (Å²) in [6.45, 7) is 4.59. The van der Waals surface area contributed by atoms with Crippen molar-refractivity contribution in [3.05, 3.63) is 65.6 Å². The molecule has 4 rings (SSSR count). The molecule has 0 radical (unpaired) electrons. The van der Waals surface area contributed by atoms with Crippen molar-refractivity contribution in [1.82, 2.24) is 25.3 Å². The number of ether oxygens (including phenoxy) is 1. The molecule has 162 valence electrons. The Hall–Kier alpha value is -3.27. The van der Waals surface area contributed by atoms with Crippen molar-refractivity contribution in [2.75, 3.05) is 38.3 Å². The molecule has 1 aliphatic heterocycles. The lowest BCUT2D eigenvalue weighted by atomic mass is 10.1. The highest BCUT2D eigenvalue weighted by molar-refractivity contribution is 5.94. The van der Waals surface area contributed by atoms with E-state index in [1.165, 1.54) is 0 Å². The number of nitrogens with one attached hydrogen (secondary N) is 3. The number of rotatable bonds is 7. The number of aliphatic hydroxyl groups is 1. The first kappa shape index (κ1) is 21.0. The summed E-state index contributed by atoms with van der Waals surface area (Å²) >= 11 is 0. The predicted molar refractivity (Wildman–Crippen MR) is 116 cm³/mol. The topological polar surface area (TPSA) is 115 Å². The zero-order chi connectivity index (χ0) is 21.6. The van der Waals surface area contributed by atoms with Crippen molar-refractivity contribution in [2.24, 2.45) is 0 Å². The van der Waals surface area contributed by atoms with Gasteiger partial charge in [0.1, 0.15) is 5.69 Å². The summed E-state index contributed by atoms with van der Waals surface area (Å²) in [6.07, 6.45) is 3.51. The van der Waals surface area contributed by atoms with E-state index in [4.69, 9.17) is 4.74 Å². The fourth-order valence-electron chi connectivity index (χ4n) is 3.42. The van der Waals surface area contributed by atoms with E-state index in [0.29, 0.717) is 24.9 Å². The molecule has 0 spiro atoms. The minimum atomic E-state index is -0.481. The third-order valence-corrected chi connectivity index (χ3v) is 5.13. The van der Waals surface area contributed by atoms with E-state index in [1.54, 1.807) is 18.5 Å². The maximum Gasteiger partial charge on any atom is 0.268 e. The summed E-state index contributed by atoms with van der Waals surface area (Å²) in [7, 11) is 0. The molecule has 3 aromatic rings. The van der Waals surface area contributed by atoms with Crippen LogP contribution in [0.2, 0.25) is 0 Å². The van der Waals surface area contributed by atoms with Gasteiger partial charge in [-0.05, 0) is 24.1 Å². The highest BCUT2D eigenvalue weighted by Crippen LogP contribution is 2.23. The minimum Gasteiger partial charge on any atom is -0.394 e. The molecule has 9 nitrogen and oxygen atoms in total. The molecule has 0 bridgehead atoms. The normalized spacial score (nSPS) is 15.4. The average Bonchev–Trinajstić information content (AvgIpc) is 3.30. The molecule has 1 atom stereocenters. The van der Waals surface area contributed by atoms with Crippen LogP contribution in [-0.4, -0.2) is 63.9 Å². The lowest BCUT2D eigenvalue weighted by molar-refractivity contribution is 0.0492. The molecular weight excluding hydrogens is 396 g/mol. The van der Waals surface area contributed by atoms with E-state index in [1.807, 2.05) is 42.3 Å². The van der Waals surface area contributed by atoms with E-state index in [0.717, 1.165) is 35.5 Å². The Balaban J connectivity index is 1.48. The van der Waals surface area contributed by atoms with Gasteiger partial charge in [0.2, 0.25) is 5.95 Å². The number of H-pyrrole nitrogens is 1. The first-order chi connectivity index (χ1) is 15.1. The summed E-state index contributed by atoms with van der Waals surface area (Å²) in [4.78, 5) is 24.7. The Morgan fingerprint density at radius 2 is 2.06 bits per heavy atom. The number of carbonyl (C=O) groups excluding carboxylic acids is 1. The van der Waals surface area contributed by atoms with Gasteiger partial charge in [0, 0.05) is 31.0 Å². The van der Waals surface area contributed by atoms with Crippen LogP contribution < -0.4 is 10.7 Å². The van der Waals surface area contributed by atoms with Crippen molar-refractivity contribution in [3.8, 4) is 11.3 Å². The van der Waals surface area contributed by atoms with Gasteiger partial charge in [-0.2, -0.15) is 0 Å². The molecule has 1 amide bonds. The van der Waals surface area contributed by atoms with Crippen LogP contribution in [0.5, 0.6) is 0 Å². The molecule has 1 fully saturated rings. The van der Waals surface area contributed by atoms with Crippen molar-refractivity contribution in [3.63, 3.8) is 0 Å². The Bertz CT molecular complexity index is 1020. The third-order valence-electron chi connectivity index (χ3n) is 5.13. The molecule has 4 N–H and O–H groups in total. The lowest BCUT2D eigenvalue weighted by Gasteiger charge is -2.27. The summed E-state index contributed by atoms with van der Waals surface area (Å²) in [5.74, 6) is 0.201. The van der Waals surface area contributed by atoms with Gasteiger partial charge in [0.25, 0.3) is 5.91 Å². The van der Waals surface area contributed by atoms with Gasteiger partial charge in [-0.3, -0.25) is 10.2 Å². The van der Waals surface area contributed by atoms with Gasteiger partial charge in [0.05, 0.1) is 31.6 Å². The van der Waals surface area contributed by atoms with Gasteiger partial charge >= 0.3 is 0 Å². The second kappa shape index (κ2) is 9.69. The second-order valence-electron chi connectivity index (χ2n) is 7.36. The van der Waals surface area contributed by atoms with Crippen LogP contribution in [0.4, 0.5) is 5.95 Å². The van der Waals surface area contributed by atoms with Gasteiger partial charge in [-0.1, -0.05) is 30.3 Å². The number of hydrogen-bond donors (Lipinski definition) is 4. The number of amides is 1. The van der Waals surface area contributed by atoms with Crippen molar-refractivity contribution < 1.29 is 14.6 Å². The monoisotopic (exact) mass is 422 g/mol. The number of hydrazine groups is 1. The van der Waals surface area contributed by atoms with Gasteiger partial charge in [0.15, 0.2) is 0 Å². The summed E-state index contributed by atoms with van der Waals surface area (Å²) in [5, 5.41) is 14.6. The molecule has 0 saturated carbocycles. The number of hydrogen-bond acceptors (Lipinski definition) is 7. The van der Waals surface area contributed by atoms with Crippen LogP contribution in [0.25, 0.3) is 11.3 Å². The summed E-state index contributed by atoms with van der Waals surface area (Å²) < 4.78 is 5.36. The minimum absolute atomic E-state index is 0.190. The highest BCUT2D eigenvalue weighted by atomic mass is 16.5. The number of aliphatic hydroxyl groups excluding tert-OH is 1. The van der Waals surface area contributed by atoms with Gasteiger partial charge in [-0.25, -0.2) is 15.0 Å². The zero-order valence-corrected chi connectivity index (χ0v) is 17.3. The van der Waals surface area contributed by atoms with E-state index >= 15 is 0 Å². The number of benzene rings is 1. The molecule has 9 heteroatoms. The number of carbonyl (C=O) groups is 1. The maximum absolute atomic E-state index is 12.7. The van der Waals surface area contributed by atoms with Gasteiger partial charge in [-0.15, -0.1) is 0 Å². The summed E-state index contributed by atoms with van der Waals surface area (Å²) in [6, 6.07) is 10.6. The first-order valence-corrected chi connectivity index (χ1v) is 10.2. The first-order valence-electron chi connectivity index (χ1n) is 10.2. The molecule has 1 unspecified atom stereocenters. The molecular formula is C22H26N6O3. The number of nitrogens with zero attached hydrogens (tertiary/aromatic N) is 3. The fourth-order valence-corrected chi connectivity index (χ4v) is 3.42. The summed E-state index contributed by atoms with van der Waals surface area (Å²) in [5.41, 5.74) is 6.88.